The molecule has 18 nitrogen and oxygen atoms in total. The van der Waals surface area contributed by atoms with Crippen LogP contribution in [0.15, 0.2) is 35.0 Å². The topological polar surface area (TPSA) is 271 Å². The molecule has 2 heterocycles. The van der Waals surface area contributed by atoms with Gasteiger partial charge in [-0.2, -0.15) is 0 Å². The van der Waals surface area contributed by atoms with Crippen LogP contribution in [0.25, 0.3) is 20.9 Å². The number of hydrogen-bond donors (Lipinski definition) is 3. The van der Waals surface area contributed by atoms with E-state index in [9.17, 15) is 0 Å². The average Bonchev–Trinajstić information content (AvgIpc) is 3.70. The molecule has 0 amide bonds. The lowest BCUT2D eigenvalue weighted by molar-refractivity contribution is -0.135. The van der Waals surface area contributed by atoms with Crippen molar-refractivity contribution in [1.82, 2.24) is 30.0 Å². The third-order valence-corrected chi connectivity index (χ3v) is 4.98. The molecular formula is C27H46N12O6. The number of aliphatic carboxylic acids is 3. The molecule has 0 aliphatic heterocycles. The summed E-state index contributed by atoms with van der Waals surface area (Å²) in [6.07, 6.45) is 25.6. The maximum Gasteiger partial charge on any atom is 0.381 e. The summed E-state index contributed by atoms with van der Waals surface area (Å²) < 4.78 is 3.79. The number of nitrogens with zero attached hydrogens (tertiary/aromatic N) is 12. The number of carbonyl (C=O) groups is 3. The summed E-state index contributed by atoms with van der Waals surface area (Å²) in [5.41, 5.74) is 16.0. The minimum atomic E-state index is -1.22. The Morgan fingerprint density at radius 2 is 0.978 bits per heavy atom. The molecule has 2 rings (SSSR count). The molecule has 0 saturated heterocycles. The number of rotatable bonds is 18. The van der Waals surface area contributed by atoms with Crippen LogP contribution in [0.3, 0.4) is 0 Å². The Labute approximate surface area is 263 Å². The van der Waals surface area contributed by atoms with Crippen molar-refractivity contribution in [3.63, 3.8) is 0 Å². The highest BCUT2D eigenvalue weighted by Gasteiger charge is 1.95. The van der Waals surface area contributed by atoms with E-state index in [4.69, 9.17) is 40.8 Å². The molecule has 0 saturated carbocycles. The zero-order valence-corrected chi connectivity index (χ0v) is 26.1. The number of azide groups is 2. The lowest BCUT2D eigenvalue weighted by atomic mass is 10.1. The number of carboxylic acid groups (broad SMARTS) is 3. The Hall–Kier alpha value is -5.13. The van der Waals surface area contributed by atoms with Gasteiger partial charge in [0.05, 0.1) is 12.4 Å². The molecule has 0 bridgehead atoms. The highest BCUT2D eigenvalue weighted by molar-refractivity contribution is 5.85. The van der Waals surface area contributed by atoms with Crippen molar-refractivity contribution in [2.45, 2.75) is 104 Å². The predicted molar refractivity (Wildman–Crippen MR) is 167 cm³/mol. The van der Waals surface area contributed by atoms with Crippen LogP contribution in [0.5, 0.6) is 0 Å². The summed E-state index contributed by atoms with van der Waals surface area (Å²) in [6, 6.07) is 0. The second kappa shape index (κ2) is 36.9. The molecule has 0 aromatic carbocycles. The molecule has 0 aliphatic rings. The Morgan fingerprint density at radius 3 is 1.22 bits per heavy atom. The van der Waals surface area contributed by atoms with Crippen LogP contribution in [-0.2, 0) is 27.5 Å². The van der Waals surface area contributed by atoms with E-state index in [-0.39, 0.29) is 0 Å². The van der Waals surface area contributed by atoms with Gasteiger partial charge in [0.2, 0.25) is 0 Å². The molecular weight excluding hydrogens is 588 g/mol. The molecule has 45 heavy (non-hydrogen) atoms. The predicted octanol–water partition coefficient (Wildman–Crippen LogP) is 5.74. The Morgan fingerprint density at radius 1 is 0.689 bits per heavy atom. The number of carboxylic acids is 3. The number of terminal acetylenes is 1. The standard InChI is InChI=1S/C12H20N6.C8H16N6.C3H2O2.2C2H4O2/c1(3-5-9-17-11-7-13-15-17)2-4-6-10-18-12-8-14-16-18;9-13-11-7-5-3-1-2-4-6-8-12-14-10;1-2-3(4)5;2*1-2(3)4/h7-8,11-12H,1-6,9-10H2;1-8H2;1H,(H,4,5);2*1H3,(H,3,4). The van der Waals surface area contributed by atoms with Gasteiger partial charge in [0.1, 0.15) is 0 Å². The van der Waals surface area contributed by atoms with E-state index < -0.39 is 17.9 Å². The van der Waals surface area contributed by atoms with Crippen LogP contribution in [-0.4, -0.2) is 76.3 Å². The highest BCUT2D eigenvalue weighted by atomic mass is 16.4. The normalized spacial score (nSPS) is 8.82. The van der Waals surface area contributed by atoms with E-state index in [2.05, 4.69) is 47.1 Å². The van der Waals surface area contributed by atoms with Crippen LogP contribution < -0.4 is 0 Å². The van der Waals surface area contributed by atoms with Gasteiger partial charge in [0.25, 0.3) is 11.9 Å². The third-order valence-electron chi connectivity index (χ3n) is 4.98. The number of aromatic nitrogens is 6. The van der Waals surface area contributed by atoms with E-state index >= 15 is 0 Å². The first-order chi connectivity index (χ1) is 21.6. The maximum atomic E-state index is 9.13. The van der Waals surface area contributed by atoms with Gasteiger partial charge in [-0.15, -0.1) is 16.6 Å². The monoisotopic (exact) mass is 634 g/mol. The fourth-order valence-corrected chi connectivity index (χ4v) is 3.12. The van der Waals surface area contributed by atoms with Crippen molar-refractivity contribution in [2.75, 3.05) is 13.1 Å². The Kier molecular flexibility index (Phi) is 36.3. The van der Waals surface area contributed by atoms with E-state index in [0.717, 1.165) is 65.5 Å². The third kappa shape index (κ3) is 48.9. The maximum absolute atomic E-state index is 9.13. The minimum absolute atomic E-state index is 0.606. The Bertz CT molecular complexity index is 1020. The second-order valence-electron chi connectivity index (χ2n) is 8.97. The summed E-state index contributed by atoms with van der Waals surface area (Å²) >= 11 is 0. The zero-order valence-electron chi connectivity index (χ0n) is 26.1. The highest BCUT2D eigenvalue weighted by Crippen LogP contribution is 2.07. The SMILES string of the molecule is C#CC(=O)O.CC(=O)O.CC(=O)O.[N-]=[N+]=NCCCCCCCCN=[N+]=[N-].c1cn(CCCCCCCCn2ccnn2)nn1. The first kappa shape index (κ1) is 44.3. The number of unbranched alkanes of at least 4 members (excludes halogenated alkanes) is 10. The summed E-state index contributed by atoms with van der Waals surface area (Å²) in [5.74, 6) is -1.44. The largest absolute Gasteiger partial charge is 0.481 e. The van der Waals surface area contributed by atoms with Crippen molar-refractivity contribution in [3.05, 3.63) is 45.7 Å². The molecule has 3 N–H and O–H groups in total. The van der Waals surface area contributed by atoms with Crippen molar-refractivity contribution < 1.29 is 29.7 Å². The molecule has 2 aromatic rings. The van der Waals surface area contributed by atoms with Gasteiger partial charge in [0, 0.05) is 68.2 Å². The second-order valence-corrected chi connectivity index (χ2v) is 8.97. The molecule has 0 unspecified atom stereocenters. The Balaban J connectivity index is -0.000000575. The summed E-state index contributed by atoms with van der Waals surface area (Å²) in [4.78, 5) is 32.5. The van der Waals surface area contributed by atoms with Crippen molar-refractivity contribution in [2.24, 2.45) is 10.2 Å². The zero-order chi connectivity index (χ0) is 34.4. The van der Waals surface area contributed by atoms with Crippen molar-refractivity contribution >= 4 is 17.9 Å². The molecule has 0 radical (unpaired) electrons. The van der Waals surface area contributed by atoms with Crippen molar-refractivity contribution in [3.8, 4) is 12.3 Å². The molecule has 0 spiro atoms. The van der Waals surface area contributed by atoms with Crippen LogP contribution in [0, 0.1) is 12.3 Å². The van der Waals surface area contributed by atoms with Gasteiger partial charge >= 0.3 is 5.97 Å². The van der Waals surface area contributed by atoms with Crippen LogP contribution in [0.2, 0.25) is 0 Å². The summed E-state index contributed by atoms with van der Waals surface area (Å²) in [5, 5.41) is 44.7. The van der Waals surface area contributed by atoms with E-state index in [0.29, 0.717) is 13.1 Å². The van der Waals surface area contributed by atoms with E-state index in [1.54, 1.807) is 12.4 Å². The molecule has 18 heteroatoms. The molecule has 250 valence electrons. The van der Waals surface area contributed by atoms with Gasteiger partial charge in [-0.05, 0) is 36.7 Å². The van der Waals surface area contributed by atoms with Gasteiger partial charge in [-0.3, -0.25) is 19.0 Å². The van der Waals surface area contributed by atoms with E-state index in [1.165, 1.54) is 44.4 Å². The summed E-state index contributed by atoms with van der Waals surface area (Å²) in [6.45, 7) is 5.35. The summed E-state index contributed by atoms with van der Waals surface area (Å²) in [7, 11) is 0. The molecule has 0 aliphatic carbocycles. The fraction of sp³-hybridized carbons (Fsp3) is 0.667. The van der Waals surface area contributed by atoms with Gasteiger partial charge in [-0.25, -0.2) is 4.79 Å². The van der Waals surface area contributed by atoms with Crippen LogP contribution in [0.4, 0.5) is 0 Å². The quantitative estimate of drug-likeness (QED) is 0.0587. The fourth-order valence-electron chi connectivity index (χ4n) is 3.12. The average molecular weight is 635 g/mol. The number of aryl methyl sites for hydroxylation is 2. The van der Waals surface area contributed by atoms with Gasteiger partial charge in [0.15, 0.2) is 0 Å². The van der Waals surface area contributed by atoms with Gasteiger partial charge in [-0.1, -0.05) is 72.0 Å². The number of hydrogen-bond acceptors (Lipinski definition) is 9. The smallest absolute Gasteiger partial charge is 0.381 e. The van der Waals surface area contributed by atoms with Crippen LogP contribution >= 0.6 is 0 Å². The lowest BCUT2D eigenvalue weighted by Gasteiger charge is -2.02. The molecule has 2 aromatic heterocycles. The first-order valence-corrected chi connectivity index (χ1v) is 14.4. The van der Waals surface area contributed by atoms with Gasteiger partial charge < -0.3 is 15.3 Å². The van der Waals surface area contributed by atoms with Crippen LogP contribution in [0.1, 0.15) is 90.9 Å². The first-order valence-electron chi connectivity index (χ1n) is 14.4. The molecule has 0 atom stereocenters. The minimum Gasteiger partial charge on any atom is -0.481 e. The molecule has 0 fully saturated rings. The lowest BCUT2D eigenvalue weighted by Crippen LogP contribution is -1.99. The van der Waals surface area contributed by atoms with Crippen molar-refractivity contribution in [1.29, 1.82) is 0 Å². The van der Waals surface area contributed by atoms with E-state index in [1.807, 2.05) is 21.8 Å².